The summed E-state index contributed by atoms with van der Waals surface area (Å²) in [5, 5.41) is 0. The summed E-state index contributed by atoms with van der Waals surface area (Å²) >= 11 is 5.65. The van der Waals surface area contributed by atoms with E-state index in [1.165, 1.54) is 0 Å². The summed E-state index contributed by atoms with van der Waals surface area (Å²) in [4.78, 5) is -0.658. The maximum atomic E-state index is 13.4. The van der Waals surface area contributed by atoms with Crippen molar-refractivity contribution in [3.63, 3.8) is 0 Å². The topological polar surface area (TPSA) is 46.2 Å². The van der Waals surface area contributed by atoms with E-state index in [0.29, 0.717) is 18.4 Å². The van der Waals surface area contributed by atoms with Crippen molar-refractivity contribution in [2.24, 2.45) is 5.41 Å². The number of sulfonamides is 1. The lowest BCUT2D eigenvalue weighted by molar-refractivity contribution is 0.475. The molecule has 1 N–H and O–H groups in total. The van der Waals surface area contributed by atoms with Gasteiger partial charge in [0.05, 0.1) is 0 Å². The Hall–Kier alpha value is -0.720. The number of halogens is 3. The number of hydrogen-bond acceptors (Lipinski definition) is 2. The minimum Gasteiger partial charge on any atom is -0.210 e. The van der Waals surface area contributed by atoms with E-state index in [0.717, 1.165) is 25.0 Å². The van der Waals surface area contributed by atoms with Crippen LogP contribution in [-0.4, -0.2) is 20.8 Å². The lowest BCUT2D eigenvalue weighted by Gasteiger charge is -2.15. The first-order valence-corrected chi connectivity index (χ1v) is 7.91. The van der Waals surface area contributed by atoms with Crippen molar-refractivity contribution in [2.45, 2.75) is 24.2 Å². The van der Waals surface area contributed by atoms with Crippen molar-refractivity contribution in [2.75, 3.05) is 12.4 Å². The van der Waals surface area contributed by atoms with Crippen molar-refractivity contribution in [3.05, 3.63) is 29.8 Å². The first kappa shape index (κ1) is 14.7. The van der Waals surface area contributed by atoms with Gasteiger partial charge in [-0.15, -0.1) is 11.6 Å². The standard InChI is InChI=1S/C12H14ClF2NO2S/c13-6-5-12(3-4-12)8-16-19(17,18)11-7-9(14)1-2-10(11)15/h1-2,7,16H,3-6,8H2. The first-order chi connectivity index (χ1) is 8.88. The van der Waals surface area contributed by atoms with Gasteiger partial charge < -0.3 is 0 Å². The molecule has 106 valence electrons. The van der Waals surface area contributed by atoms with Gasteiger partial charge in [-0.1, -0.05) is 0 Å². The van der Waals surface area contributed by atoms with E-state index in [9.17, 15) is 17.2 Å². The molecule has 1 saturated carbocycles. The van der Waals surface area contributed by atoms with Gasteiger partial charge in [0.2, 0.25) is 10.0 Å². The Morgan fingerprint density at radius 2 is 2.00 bits per heavy atom. The Morgan fingerprint density at radius 1 is 1.32 bits per heavy atom. The normalized spacial score (nSPS) is 17.4. The van der Waals surface area contributed by atoms with Crippen molar-refractivity contribution in [3.8, 4) is 0 Å². The van der Waals surface area contributed by atoms with Crippen LogP contribution in [0.1, 0.15) is 19.3 Å². The molecule has 1 aliphatic rings. The molecule has 1 fully saturated rings. The predicted molar refractivity (Wildman–Crippen MR) is 68.6 cm³/mol. The van der Waals surface area contributed by atoms with Gasteiger partial charge in [-0.25, -0.2) is 21.9 Å². The van der Waals surface area contributed by atoms with E-state index >= 15 is 0 Å². The second-order valence-electron chi connectivity index (χ2n) is 4.84. The summed E-state index contributed by atoms with van der Waals surface area (Å²) in [5.41, 5.74) is -0.112. The largest absolute Gasteiger partial charge is 0.243 e. The van der Waals surface area contributed by atoms with Crippen LogP contribution < -0.4 is 4.72 Å². The molecule has 1 aliphatic carbocycles. The molecule has 0 amide bonds. The monoisotopic (exact) mass is 309 g/mol. The molecule has 0 spiro atoms. The van der Waals surface area contributed by atoms with Crippen LogP contribution in [0.5, 0.6) is 0 Å². The number of nitrogens with one attached hydrogen (secondary N) is 1. The highest BCUT2D eigenvalue weighted by atomic mass is 35.5. The molecule has 0 aromatic heterocycles. The average Bonchev–Trinajstić information content (AvgIpc) is 3.11. The van der Waals surface area contributed by atoms with Gasteiger partial charge >= 0.3 is 0 Å². The fourth-order valence-corrected chi connectivity index (χ4v) is 3.55. The third-order valence-electron chi connectivity index (χ3n) is 3.40. The van der Waals surface area contributed by atoms with E-state index in [-0.39, 0.29) is 12.0 Å². The lowest BCUT2D eigenvalue weighted by atomic mass is 10.1. The maximum absolute atomic E-state index is 13.4. The SMILES string of the molecule is O=S(=O)(NCC1(CCCl)CC1)c1cc(F)ccc1F. The highest BCUT2D eigenvalue weighted by Crippen LogP contribution is 2.48. The van der Waals surface area contributed by atoms with Crippen molar-refractivity contribution < 1.29 is 17.2 Å². The van der Waals surface area contributed by atoms with Crippen LogP contribution in [-0.2, 0) is 10.0 Å². The molecule has 0 atom stereocenters. The summed E-state index contributed by atoms with van der Waals surface area (Å²) in [6.07, 6.45) is 2.50. The lowest BCUT2D eigenvalue weighted by Crippen LogP contribution is -2.31. The second-order valence-corrected chi connectivity index (χ2v) is 6.95. The van der Waals surface area contributed by atoms with Crippen LogP contribution in [0, 0.1) is 17.0 Å². The molecule has 0 radical (unpaired) electrons. The molecular weight excluding hydrogens is 296 g/mol. The van der Waals surface area contributed by atoms with Crippen LogP contribution >= 0.6 is 11.6 Å². The molecule has 0 heterocycles. The molecule has 0 saturated heterocycles. The van der Waals surface area contributed by atoms with Gasteiger partial charge in [0.25, 0.3) is 0 Å². The van der Waals surface area contributed by atoms with E-state index in [2.05, 4.69) is 4.72 Å². The van der Waals surface area contributed by atoms with Crippen molar-refractivity contribution in [1.29, 1.82) is 0 Å². The van der Waals surface area contributed by atoms with Gasteiger partial charge in [-0.05, 0) is 42.9 Å². The Bertz CT molecular complexity index is 573. The number of benzene rings is 1. The highest BCUT2D eigenvalue weighted by Gasteiger charge is 2.42. The third-order valence-corrected chi connectivity index (χ3v) is 5.01. The Balaban J connectivity index is 2.12. The minimum atomic E-state index is -4.03. The molecule has 0 bridgehead atoms. The fraction of sp³-hybridized carbons (Fsp3) is 0.500. The second kappa shape index (κ2) is 5.34. The molecule has 0 aliphatic heterocycles. The fourth-order valence-electron chi connectivity index (χ4n) is 1.90. The van der Waals surface area contributed by atoms with Crippen LogP contribution in [0.3, 0.4) is 0 Å². The molecule has 3 nitrogen and oxygen atoms in total. The zero-order valence-electron chi connectivity index (χ0n) is 10.1. The summed E-state index contributed by atoms with van der Waals surface area (Å²) < 4.78 is 52.7. The van der Waals surface area contributed by atoms with Crippen LogP contribution in [0.4, 0.5) is 8.78 Å². The van der Waals surface area contributed by atoms with Gasteiger partial charge in [0.15, 0.2) is 0 Å². The first-order valence-electron chi connectivity index (χ1n) is 5.89. The van der Waals surface area contributed by atoms with E-state index < -0.39 is 26.6 Å². The summed E-state index contributed by atoms with van der Waals surface area (Å²) in [7, 11) is -4.03. The predicted octanol–water partition coefficient (Wildman–Crippen LogP) is 2.65. The summed E-state index contributed by atoms with van der Waals surface area (Å²) in [6.45, 7) is 0.206. The van der Waals surface area contributed by atoms with Gasteiger partial charge in [-0.3, -0.25) is 0 Å². The van der Waals surface area contributed by atoms with Crippen molar-refractivity contribution in [1.82, 2.24) is 4.72 Å². The van der Waals surface area contributed by atoms with Crippen LogP contribution in [0.2, 0.25) is 0 Å². The highest BCUT2D eigenvalue weighted by molar-refractivity contribution is 7.89. The molecular formula is C12H14ClF2NO2S. The molecule has 7 heteroatoms. The van der Waals surface area contributed by atoms with E-state index in [1.807, 2.05) is 0 Å². The number of rotatable bonds is 6. The summed E-state index contributed by atoms with van der Waals surface area (Å²) in [5.74, 6) is -1.30. The molecule has 1 aromatic rings. The Morgan fingerprint density at radius 3 is 2.58 bits per heavy atom. The Kier molecular flexibility index (Phi) is 4.13. The van der Waals surface area contributed by atoms with Gasteiger partial charge in [0.1, 0.15) is 16.5 Å². The number of hydrogen-bond donors (Lipinski definition) is 1. The van der Waals surface area contributed by atoms with Crippen LogP contribution in [0.15, 0.2) is 23.1 Å². The quantitative estimate of drug-likeness (QED) is 0.821. The average molecular weight is 310 g/mol. The maximum Gasteiger partial charge on any atom is 0.243 e. The van der Waals surface area contributed by atoms with Crippen LogP contribution in [0.25, 0.3) is 0 Å². The van der Waals surface area contributed by atoms with E-state index in [1.54, 1.807) is 0 Å². The number of alkyl halides is 1. The molecule has 2 rings (SSSR count). The molecule has 0 unspecified atom stereocenters. The zero-order valence-corrected chi connectivity index (χ0v) is 11.7. The third kappa shape index (κ3) is 3.43. The molecule has 19 heavy (non-hydrogen) atoms. The summed E-state index contributed by atoms with van der Waals surface area (Å²) in [6, 6.07) is 2.36. The molecule has 1 aromatic carbocycles. The minimum absolute atomic E-state index is 0.112. The zero-order chi connectivity index (χ0) is 14.1. The van der Waals surface area contributed by atoms with Gasteiger partial charge in [0, 0.05) is 12.4 Å². The van der Waals surface area contributed by atoms with E-state index in [4.69, 9.17) is 11.6 Å². The Labute approximate surface area is 116 Å². The van der Waals surface area contributed by atoms with Crippen molar-refractivity contribution >= 4 is 21.6 Å². The smallest absolute Gasteiger partial charge is 0.210 e. The van der Waals surface area contributed by atoms with Gasteiger partial charge in [-0.2, -0.15) is 0 Å².